The van der Waals surface area contributed by atoms with E-state index < -0.39 is 16.0 Å². The first kappa shape index (κ1) is 22.5. The molecule has 0 aromatic heterocycles. The van der Waals surface area contributed by atoms with Crippen molar-refractivity contribution in [2.24, 2.45) is 5.92 Å². The van der Waals surface area contributed by atoms with Crippen LogP contribution in [0.2, 0.25) is 0 Å². The molecule has 7 nitrogen and oxygen atoms in total. The SMILES string of the molecule is COc1cccc(C=CS(=O)(=O)NC2C3CCC(O3)C2CC=CCCCC(=O)O)c1. The Hall–Kier alpha value is -2.16. The summed E-state index contributed by atoms with van der Waals surface area (Å²) in [4.78, 5) is 10.6. The molecule has 3 rings (SSSR count). The summed E-state index contributed by atoms with van der Waals surface area (Å²) in [5, 5.41) is 9.87. The first-order valence-corrected chi connectivity index (χ1v) is 11.8. The fourth-order valence-electron chi connectivity index (χ4n) is 4.12. The van der Waals surface area contributed by atoms with Crippen molar-refractivity contribution in [2.75, 3.05) is 7.11 Å². The fourth-order valence-corrected chi connectivity index (χ4v) is 5.24. The predicted molar refractivity (Wildman–Crippen MR) is 115 cm³/mol. The van der Waals surface area contributed by atoms with Crippen LogP contribution >= 0.6 is 0 Å². The van der Waals surface area contributed by atoms with Gasteiger partial charge in [-0.25, -0.2) is 13.1 Å². The van der Waals surface area contributed by atoms with Crippen LogP contribution in [0.4, 0.5) is 0 Å². The molecule has 0 spiro atoms. The van der Waals surface area contributed by atoms with Crippen LogP contribution in [0.15, 0.2) is 41.8 Å². The van der Waals surface area contributed by atoms with E-state index in [4.69, 9.17) is 14.6 Å². The number of benzene rings is 1. The number of hydrogen-bond acceptors (Lipinski definition) is 5. The normalized spacial score (nSPS) is 26.0. The highest BCUT2D eigenvalue weighted by molar-refractivity contribution is 7.92. The lowest BCUT2D eigenvalue weighted by molar-refractivity contribution is -0.137. The lowest BCUT2D eigenvalue weighted by atomic mass is 9.83. The molecule has 0 aliphatic carbocycles. The van der Waals surface area contributed by atoms with Crippen molar-refractivity contribution in [2.45, 2.75) is 56.8 Å². The van der Waals surface area contributed by atoms with Crippen LogP contribution in [0.3, 0.4) is 0 Å². The van der Waals surface area contributed by atoms with Gasteiger partial charge < -0.3 is 14.6 Å². The number of ether oxygens (including phenoxy) is 2. The summed E-state index contributed by atoms with van der Waals surface area (Å²) in [6, 6.07) is 6.93. The van der Waals surface area contributed by atoms with Crippen molar-refractivity contribution in [3.63, 3.8) is 0 Å². The summed E-state index contributed by atoms with van der Waals surface area (Å²) in [5.74, 6) is -0.0416. The molecule has 0 saturated carbocycles. The maximum Gasteiger partial charge on any atom is 0.303 e. The number of rotatable bonds is 11. The molecule has 2 N–H and O–H groups in total. The molecule has 4 unspecified atom stereocenters. The second-order valence-corrected chi connectivity index (χ2v) is 9.31. The van der Waals surface area contributed by atoms with E-state index in [1.165, 1.54) is 5.41 Å². The van der Waals surface area contributed by atoms with Crippen LogP contribution < -0.4 is 9.46 Å². The largest absolute Gasteiger partial charge is 0.497 e. The lowest BCUT2D eigenvalue weighted by Gasteiger charge is -2.27. The van der Waals surface area contributed by atoms with Crippen LogP contribution in [0.1, 0.15) is 44.1 Å². The molecule has 30 heavy (non-hydrogen) atoms. The molecule has 0 amide bonds. The molecule has 164 valence electrons. The summed E-state index contributed by atoms with van der Waals surface area (Å²) >= 11 is 0. The predicted octanol–water partition coefficient (Wildman–Crippen LogP) is 3.33. The molecule has 2 heterocycles. The third-order valence-electron chi connectivity index (χ3n) is 5.59. The Morgan fingerprint density at radius 3 is 2.87 bits per heavy atom. The van der Waals surface area contributed by atoms with Crippen molar-refractivity contribution in [1.82, 2.24) is 4.72 Å². The van der Waals surface area contributed by atoms with Crippen LogP contribution in [-0.4, -0.2) is 44.9 Å². The van der Waals surface area contributed by atoms with Gasteiger partial charge in [-0.1, -0.05) is 24.3 Å². The Bertz CT molecular complexity index is 895. The van der Waals surface area contributed by atoms with Crippen molar-refractivity contribution >= 4 is 22.1 Å². The van der Waals surface area contributed by atoms with Crippen LogP contribution in [0.25, 0.3) is 6.08 Å². The summed E-state index contributed by atoms with van der Waals surface area (Å²) in [7, 11) is -2.06. The van der Waals surface area contributed by atoms with Crippen LogP contribution in [-0.2, 0) is 19.6 Å². The first-order chi connectivity index (χ1) is 14.4. The number of carbonyl (C=O) groups is 1. The number of nitrogens with one attached hydrogen (secondary N) is 1. The highest BCUT2D eigenvalue weighted by Crippen LogP contribution is 2.41. The van der Waals surface area contributed by atoms with Gasteiger partial charge >= 0.3 is 5.97 Å². The van der Waals surface area contributed by atoms with Gasteiger partial charge in [0.25, 0.3) is 0 Å². The van der Waals surface area contributed by atoms with Gasteiger partial charge in [0, 0.05) is 17.7 Å². The molecule has 4 atom stereocenters. The van der Waals surface area contributed by atoms with E-state index >= 15 is 0 Å². The standard InChI is InChI=1S/C22H29NO6S/c1-28-17-8-6-7-16(15-17)13-14-30(26,27)23-22-18(19-11-12-20(22)29-19)9-4-2-3-5-10-21(24)25/h2,4,6-8,13-15,18-20,22-23H,3,5,9-12H2,1H3,(H,24,25). The molecule has 1 aromatic rings. The highest BCUT2D eigenvalue weighted by Gasteiger charge is 2.49. The van der Waals surface area contributed by atoms with E-state index in [0.29, 0.717) is 25.0 Å². The number of methoxy groups -OCH3 is 1. The van der Waals surface area contributed by atoms with E-state index in [-0.39, 0.29) is 30.6 Å². The molecule has 0 radical (unpaired) electrons. The van der Waals surface area contributed by atoms with Crippen molar-refractivity contribution in [1.29, 1.82) is 0 Å². The molecule has 2 aliphatic heterocycles. The van der Waals surface area contributed by atoms with Gasteiger partial charge in [-0.3, -0.25) is 4.79 Å². The summed E-state index contributed by atoms with van der Waals surface area (Å²) < 4.78 is 39.3. The van der Waals surface area contributed by atoms with Crippen molar-refractivity contribution in [3.8, 4) is 5.75 Å². The number of aliphatic carboxylic acids is 1. The molecule has 8 heteroatoms. The number of hydrogen-bond donors (Lipinski definition) is 2. The third kappa shape index (κ3) is 6.17. The fraction of sp³-hybridized carbons (Fsp3) is 0.500. The minimum Gasteiger partial charge on any atom is -0.497 e. The van der Waals surface area contributed by atoms with Gasteiger partial charge in [-0.2, -0.15) is 0 Å². The number of fused-ring (bicyclic) bond motifs is 2. The van der Waals surface area contributed by atoms with E-state index in [1.54, 1.807) is 31.4 Å². The smallest absolute Gasteiger partial charge is 0.303 e. The molecule has 2 fully saturated rings. The van der Waals surface area contributed by atoms with E-state index in [2.05, 4.69) is 4.72 Å². The molecular weight excluding hydrogens is 406 g/mol. The maximum atomic E-state index is 12.7. The molecule has 1 aromatic carbocycles. The highest BCUT2D eigenvalue weighted by atomic mass is 32.2. The molecule has 2 aliphatic rings. The maximum absolute atomic E-state index is 12.7. The zero-order chi connectivity index (χ0) is 21.6. The quantitative estimate of drug-likeness (QED) is 0.408. The minimum absolute atomic E-state index is 0.0636. The number of sulfonamides is 1. The van der Waals surface area contributed by atoms with E-state index in [9.17, 15) is 13.2 Å². The zero-order valence-corrected chi connectivity index (χ0v) is 17.9. The summed E-state index contributed by atoms with van der Waals surface area (Å²) in [5.41, 5.74) is 0.741. The average molecular weight is 436 g/mol. The molecule has 2 bridgehead atoms. The van der Waals surface area contributed by atoms with E-state index in [0.717, 1.165) is 18.4 Å². The van der Waals surface area contributed by atoms with Crippen molar-refractivity contribution < 1.29 is 27.8 Å². The summed E-state index contributed by atoms with van der Waals surface area (Å²) in [6.07, 6.45) is 9.48. The number of carboxylic acid groups (broad SMARTS) is 1. The van der Waals surface area contributed by atoms with Gasteiger partial charge in [-0.05, 0) is 55.9 Å². The zero-order valence-electron chi connectivity index (χ0n) is 17.1. The summed E-state index contributed by atoms with van der Waals surface area (Å²) in [6.45, 7) is 0. The Morgan fingerprint density at radius 2 is 2.10 bits per heavy atom. The second kappa shape index (κ2) is 10.2. The van der Waals surface area contributed by atoms with Crippen molar-refractivity contribution in [3.05, 3.63) is 47.4 Å². The Labute approximate surface area is 177 Å². The topological polar surface area (TPSA) is 102 Å². The number of carboxylic acids is 1. The Kier molecular flexibility index (Phi) is 7.69. The lowest BCUT2D eigenvalue weighted by Crippen LogP contribution is -2.46. The molecule has 2 saturated heterocycles. The Morgan fingerprint density at radius 1 is 1.30 bits per heavy atom. The minimum atomic E-state index is -3.63. The number of unbranched alkanes of at least 4 members (excludes halogenated alkanes) is 1. The van der Waals surface area contributed by atoms with Crippen LogP contribution in [0.5, 0.6) is 5.75 Å². The van der Waals surface area contributed by atoms with Gasteiger partial charge in [0.15, 0.2) is 0 Å². The number of allylic oxidation sites excluding steroid dienone is 2. The Balaban J connectivity index is 1.59. The average Bonchev–Trinajstić information content (AvgIpc) is 3.31. The van der Waals surface area contributed by atoms with Gasteiger partial charge in [0.2, 0.25) is 10.0 Å². The van der Waals surface area contributed by atoms with E-state index in [1.807, 2.05) is 18.2 Å². The van der Waals surface area contributed by atoms with Gasteiger partial charge in [-0.15, -0.1) is 0 Å². The third-order valence-corrected chi connectivity index (χ3v) is 6.69. The van der Waals surface area contributed by atoms with Gasteiger partial charge in [0.05, 0.1) is 25.4 Å². The monoisotopic (exact) mass is 435 g/mol. The first-order valence-electron chi connectivity index (χ1n) is 10.2. The second-order valence-electron chi connectivity index (χ2n) is 7.72. The van der Waals surface area contributed by atoms with Gasteiger partial charge in [0.1, 0.15) is 5.75 Å². The molecular formula is C22H29NO6S. The van der Waals surface area contributed by atoms with Crippen LogP contribution in [0, 0.1) is 5.92 Å².